The summed E-state index contributed by atoms with van der Waals surface area (Å²) in [5, 5.41) is 15.6. The topological polar surface area (TPSA) is 88.9 Å². The fourth-order valence-electron chi connectivity index (χ4n) is 3.46. The number of aromatic nitrogens is 3. The Bertz CT molecular complexity index is 1410. The second-order valence-corrected chi connectivity index (χ2v) is 9.82. The van der Waals surface area contributed by atoms with Crippen LogP contribution in [0.5, 0.6) is 0 Å². The Kier molecular flexibility index (Phi) is 8.30. The van der Waals surface area contributed by atoms with E-state index in [0.717, 1.165) is 22.5 Å². The van der Waals surface area contributed by atoms with Gasteiger partial charge in [0.25, 0.3) is 5.91 Å². The molecule has 0 spiro atoms. The zero-order valence-corrected chi connectivity index (χ0v) is 21.9. The Labute approximate surface area is 223 Å². The summed E-state index contributed by atoms with van der Waals surface area (Å²) < 4.78 is 1.82. The zero-order chi connectivity index (χ0) is 25.7. The van der Waals surface area contributed by atoms with E-state index in [9.17, 15) is 9.59 Å². The van der Waals surface area contributed by atoms with Crippen molar-refractivity contribution in [3.8, 4) is 5.69 Å². The molecule has 0 saturated heterocycles. The van der Waals surface area contributed by atoms with E-state index in [-0.39, 0.29) is 29.7 Å². The summed E-state index contributed by atoms with van der Waals surface area (Å²) >= 11 is 13.4. The van der Waals surface area contributed by atoms with Crippen LogP contribution in [0.4, 0.5) is 5.69 Å². The Morgan fingerprint density at radius 1 is 0.972 bits per heavy atom. The second kappa shape index (κ2) is 11.6. The third kappa shape index (κ3) is 6.26. The van der Waals surface area contributed by atoms with Crippen LogP contribution in [0.3, 0.4) is 0 Å². The average molecular weight is 540 g/mol. The van der Waals surface area contributed by atoms with E-state index >= 15 is 0 Å². The number of amides is 2. The molecule has 0 bridgehead atoms. The van der Waals surface area contributed by atoms with Crippen molar-refractivity contribution in [2.45, 2.75) is 25.5 Å². The molecule has 0 saturated carbocycles. The van der Waals surface area contributed by atoms with Crippen molar-refractivity contribution in [3.05, 3.63) is 99.3 Å². The van der Waals surface area contributed by atoms with Gasteiger partial charge in [-0.1, -0.05) is 65.3 Å². The number of hydrogen-bond acceptors (Lipinski definition) is 5. The number of para-hydroxylation sites is 1. The van der Waals surface area contributed by atoms with Crippen molar-refractivity contribution in [1.82, 2.24) is 20.1 Å². The standard InChI is InChI=1S/C26H23Cl2N5O2S/c1-16-8-9-17(2)22(12-16)30-24(34)15-36-26-32-31-23(33(26)19-6-4-3-5-7-19)14-29-25(35)20-13-18(27)10-11-21(20)28/h3-13H,14-15H2,1-2H3,(H,29,35)(H,30,34). The third-order valence-electron chi connectivity index (χ3n) is 5.29. The summed E-state index contributed by atoms with van der Waals surface area (Å²) in [5.74, 6) is 0.113. The van der Waals surface area contributed by atoms with E-state index in [4.69, 9.17) is 23.2 Å². The number of halogens is 2. The highest BCUT2D eigenvalue weighted by atomic mass is 35.5. The van der Waals surface area contributed by atoms with Crippen molar-refractivity contribution in [1.29, 1.82) is 0 Å². The average Bonchev–Trinajstić information content (AvgIpc) is 3.28. The van der Waals surface area contributed by atoms with Gasteiger partial charge in [-0.15, -0.1) is 10.2 Å². The monoisotopic (exact) mass is 539 g/mol. The molecule has 0 aliphatic carbocycles. The first-order valence-electron chi connectivity index (χ1n) is 11.0. The molecule has 7 nitrogen and oxygen atoms in total. The summed E-state index contributed by atoms with van der Waals surface area (Å²) in [4.78, 5) is 25.4. The van der Waals surface area contributed by atoms with Gasteiger partial charge in [-0.3, -0.25) is 14.2 Å². The van der Waals surface area contributed by atoms with E-state index in [2.05, 4.69) is 20.8 Å². The summed E-state index contributed by atoms with van der Waals surface area (Å²) in [6.07, 6.45) is 0. The van der Waals surface area contributed by atoms with Crippen molar-refractivity contribution in [3.63, 3.8) is 0 Å². The number of thioether (sulfide) groups is 1. The first kappa shape index (κ1) is 25.8. The summed E-state index contributed by atoms with van der Waals surface area (Å²) in [6, 6.07) is 20.1. The van der Waals surface area contributed by atoms with Gasteiger partial charge in [0.15, 0.2) is 11.0 Å². The number of rotatable bonds is 8. The van der Waals surface area contributed by atoms with Crippen LogP contribution in [0.2, 0.25) is 10.0 Å². The second-order valence-electron chi connectivity index (χ2n) is 8.03. The molecule has 3 aromatic carbocycles. The number of nitrogens with one attached hydrogen (secondary N) is 2. The molecule has 10 heteroatoms. The zero-order valence-electron chi connectivity index (χ0n) is 19.6. The molecular formula is C26H23Cl2N5O2S. The van der Waals surface area contributed by atoms with Gasteiger partial charge in [0, 0.05) is 16.4 Å². The van der Waals surface area contributed by atoms with E-state index < -0.39 is 0 Å². The van der Waals surface area contributed by atoms with Gasteiger partial charge < -0.3 is 10.6 Å². The summed E-state index contributed by atoms with van der Waals surface area (Å²) in [7, 11) is 0. The molecule has 36 heavy (non-hydrogen) atoms. The third-order valence-corrected chi connectivity index (χ3v) is 6.79. The Morgan fingerprint density at radius 2 is 1.75 bits per heavy atom. The minimum absolute atomic E-state index is 0.0960. The molecule has 0 aliphatic heterocycles. The Balaban J connectivity index is 1.50. The van der Waals surface area contributed by atoms with Crippen LogP contribution in [0.1, 0.15) is 27.3 Å². The summed E-state index contributed by atoms with van der Waals surface area (Å²) in [5.41, 5.74) is 3.92. The van der Waals surface area contributed by atoms with E-state index in [1.165, 1.54) is 17.8 Å². The molecule has 4 aromatic rings. The minimum Gasteiger partial charge on any atom is -0.345 e. The van der Waals surface area contributed by atoms with Crippen LogP contribution in [-0.4, -0.2) is 32.3 Å². The van der Waals surface area contributed by atoms with Crippen LogP contribution in [0.15, 0.2) is 71.9 Å². The van der Waals surface area contributed by atoms with Crippen LogP contribution in [0.25, 0.3) is 5.69 Å². The predicted octanol–water partition coefficient (Wildman–Crippen LogP) is 5.85. The van der Waals surface area contributed by atoms with Gasteiger partial charge >= 0.3 is 0 Å². The molecule has 2 N–H and O–H groups in total. The molecule has 0 unspecified atom stereocenters. The predicted molar refractivity (Wildman–Crippen MR) is 144 cm³/mol. The quantitative estimate of drug-likeness (QED) is 0.274. The van der Waals surface area contributed by atoms with Gasteiger partial charge in [0.1, 0.15) is 0 Å². The van der Waals surface area contributed by atoms with Gasteiger partial charge in [-0.2, -0.15) is 0 Å². The molecule has 0 atom stereocenters. The number of anilines is 1. The van der Waals surface area contributed by atoms with E-state index in [1.54, 1.807) is 12.1 Å². The van der Waals surface area contributed by atoms with Crippen molar-refractivity contribution in [2.24, 2.45) is 0 Å². The van der Waals surface area contributed by atoms with Crippen LogP contribution in [0, 0.1) is 13.8 Å². The van der Waals surface area contributed by atoms with Gasteiger partial charge in [0.05, 0.1) is 22.9 Å². The molecule has 0 fully saturated rings. The minimum atomic E-state index is -0.382. The highest BCUT2D eigenvalue weighted by Crippen LogP contribution is 2.24. The molecule has 2 amide bonds. The highest BCUT2D eigenvalue weighted by molar-refractivity contribution is 7.99. The number of carbonyl (C=O) groups is 2. The maximum Gasteiger partial charge on any atom is 0.253 e. The maximum absolute atomic E-state index is 12.7. The van der Waals surface area contributed by atoms with E-state index in [1.807, 2.05) is 66.9 Å². The van der Waals surface area contributed by atoms with Crippen molar-refractivity contribution >= 4 is 52.5 Å². The fourth-order valence-corrected chi connectivity index (χ4v) is 4.60. The SMILES string of the molecule is Cc1ccc(C)c(NC(=O)CSc2nnc(CNC(=O)c3cc(Cl)ccc3Cl)n2-c2ccccc2)c1. The Morgan fingerprint density at radius 3 is 2.53 bits per heavy atom. The lowest BCUT2D eigenvalue weighted by Crippen LogP contribution is -2.25. The fraction of sp³-hybridized carbons (Fsp3) is 0.154. The molecule has 184 valence electrons. The molecular weight excluding hydrogens is 517 g/mol. The lowest BCUT2D eigenvalue weighted by molar-refractivity contribution is -0.113. The Hall–Kier alpha value is -3.33. The maximum atomic E-state index is 12.7. The van der Waals surface area contributed by atoms with Gasteiger partial charge in [-0.05, 0) is 61.4 Å². The molecule has 1 aromatic heterocycles. The van der Waals surface area contributed by atoms with Gasteiger partial charge in [-0.25, -0.2) is 0 Å². The van der Waals surface area contributed by atoms with Crippen LogP contribution in [-0.2, 0) is 11.3 Å². The number of benzene rings is 3. The lowest BCUT2D eigenvalue weighted by Gasteiger charge is -2.12. The first-order valence-corrected chi connectivity index (χ1v) is 12.8. The normalized spacial score (nSPS) is 10.8. The smallest absolute Gasteiger partial charge is 0.253 e. The van der Waals surface area contributed by atoms with Crippen LogP contribution >= 0.6 is 35.0 Å². The molecule has 0 radical (unpaired) electrons. The largest absolute Gasteiger partial charge is 0.345 e. The summed E-state index contributed by atoms with van der Waals surface area (Å²) in [6.45, 7) is 4.02. The number of hydrogen-bond donors (Lipinski definition) is 2. The molecule has 1 heterocycles. The van der Waals surface area contributed by atoms with Gasteiger partial charge in [0.2, 0.25) is 5.91 Å². The number of aryl methyl sites for hydroxylation is 2. The highest BCUT2D eigenvalue weighted by Gasteiger charge is 2.18. The first-order chi connectivity index (χ1) is 17.3. The van der Waals surface area contributed by atoms with Crippen molar-refractivity contribution < 1.29 is 9.59 Å². The molecule has 4 rings (SSSR count). The number of carbonyl (C=O) groups excluding carboxylic acids is 2. The lowest BCUT2D eigenvalue weighted by atomic mass is 10.1. The number of nitrogens with zero attached hydrogens (tertiary/aromatic N) is 3. The van der Waals surface area contributed by atoms with E-state index in [0.29, 0.717) is 21.0 Å². The molecule has 0 aliphatic rings. The van der Waals surface area contributed by atoms with Crippen LogP contribution < -0.4 is 10.6 Å². The van der Waals surface area contributed by atoms with Crippen molar-refractivity contribution in [2.75, 3.05) is 11.1 Å².